The molecule has 0 aliphatic carbocycles. The molecule has 0 aromatic carbocycles. The summed E-state index contributed by atoms with van der Waals surface area (Å²) >= 11 is 0. The van der Waals surface area contributed by atoms with Crippen molar-refractivity contribution in [1.29, 1.82) is 0 Å². The van der Waals surface area contributed by atoms with Crippen molar-refractivity contribution >= 4 is 0 Å². The average molecular weight is 213 g/mol. The average Bonchev–Trinajstić information content (AvgIpc) is 2.23. The van der Waals surface area contributed by atoms with Crippen molar-refractivity contribution in [2.75, 3.05) is 26.2 Å². The summed E-state index contributed by atoms with van der Waals surface area (Å²) < 4.78 is 5.73. The van der Waals surface area contributed by atoms with Crippen LogP contribution in [0.15, 0.2) is 0 Å². The van der Waals surface area contributed by atoms with E-state index in [1.165, 1.54) is 19.3 Å². The topological polar surface area (TPSA) is 32.7 Å². The van der Waals surface area contributed by atoms with E-state index in [-0.39, 0.29) is 0 Å². The van der Waals surface area contributed by atoms with Gasteiger partial charge in [0.25, 0.3) is 0 Å². The molecule has 15 heavy (non-hydrogen) atoms. The molecule has 2 fully saturated rings. The van der Waals surface area contributed by atoms with E-state index in [1.54, 1.807) is 0 Å². The van der Waals surface area contributed by atoms with Crippen molar-refractivity contribution in [2.24, 2.45) is 0 Å². The Bertz CT molecular complexity index is 190. The lowest BCUT2D eigenvalue weighted by atomic mass is 9.93. The summed E-state index contributed by atoms with van der Waals surface area (Å²) in [5, 5.41) is 9.84. The SMILES string of the molecule is CC1(O)CCN(CC2CCCCO2)CC1. The fourth-order valence-corrected chi connectivity index (χ4v) is 2.46. The molecule has 0 spiro atoms. The van der Waals surface area contributed by atoms with Gasteiger partial charge in [0.2, 0.25) is 0 Å². The highest BCUT2D eigenvalue weighted by Crippen LogP contribution is 2.22. The molecule has 1 N–H and O–H groups in total. The fourth-order valence-electron chi connectivity index (χ4n) is 2.46. The minimum absolute atomic E-state index is 0.427. The third-order valence-electron chi connectivity index (χ3n) is 3.67. The predicted octanol–water partition coefficient (Wildman–Crippen LogP) is 1.40. The minimum atomic E-state index is -0.427. The number of hydrogen-bond donors (Lipinski definition) is 1. The second-order valence-corrected chi connectivity index (χ2v) is 5.29. The molecule has 0 amide bonds. The van der Waals surface area contributed by atoms with Gasteiger partial charge in [-0.25, -0.2) is 0 Å². The highest BCUT2D eigenvalue weighted by molar-refractivity contribution is 4.83. The smallest absolute Gasteiger partial charge is 0.0702 e. The molecule has 2 aliphatic rings. The molecule has 3 heteroatoms. The van der Waals surface area contributed by atoms with Crippen LogP contribution >= 0.6 is 0 Å². The van der Waals surface area contributed by atoms with Crippen LogP contribution < -0.4 is 0 Å². The van der Waals surface area contributed by atoms with Gasteiger partial charge in [-0.15, -0.1) is 0 Å². The summed E-state index contributed by atoms with van der Waals surface area (Å²) in [7, 11) is 0. The van der Waals surface area contributed by atoms with Gasteiger partial charge in [-0.3, -0.25) is 0 Å². The number of piperidine rings is 1. The van der Waals surface area contributed by atoms with Crippen molar-refractivity contribution in [3.8, 4) is 0 Å². The predicted molar refractivity (Wildman–Crippen MR) is 59.9 cm³/mol. The molecule has 2 heterocycles. The van der Waals surface area contributed by atoms with Crippen molar-refractivity contribution in [2.45, 2.75) is 50.7 Å². The van der Waals surface area contributed by atoms with Gasteiger partial charge in [-0.05, 0) is 39.0 Å². The zero-order valence-electron chi connectivity index (χ0n) is 9.74. The number of hydrogen-bond acceptors (Lipinski definition) is 3. The zero-order chi connectivity index (χ0) is 10.7. The molecular weight excluding hydrogens is 190 g/mol. The molecule has 0 radical (unpaired) electrons. The third-order valence-corrected chi connectivity index (χ3v) is 3.67. The largest absolute Gasteiger partial charge is 0.390 e. The maximum Gasteiger partial charge on any atom is 0.0702 e. The summed E-state index contributed by atoms with van der Waals surface area (Å²) in [5.74, 6) is 0. The molecule has 0 bridgehead atoms. The van der Waals surface area contributed by atoms with Gasteiger partial charge in [0.15, 0.2) is 0 Å². The van der Waals surface area contributed by atoms with Gasteiger partial charge in [0, 0.05) is 26.2 Å². The second-order valence-electron chi connectivity index (χ2n) is 5.29. The Morgan fingerprint density at radius 3 is 2.67 bits per heavy atom. The molecule has 2 saturated heterocycles. The van der Waals surface area contributed by atoms with Gasteiger partial charge >= 0.3 is 0 Å². The van der Waals surface area contributed by atoms with Crippen molar-refractivity contribution in [3.05, 3.63) is 0 Å². The van der Waals surface area contributed by atoms with Crippen LogP contribution in [0.3, 0.4) is 0 Å². The van der Waals surface area contributed by atoms with E-state index in [4.69, 9.17) is 4.74 Å². The quantitative estimate of drug-likeness (QED) is 0.752. The summed E-state index contributed by atoms with van der Waals surface area (Å²) in [6.07, 6.45) is 6.01. The maximum atomic E-state index is 9.84. The first-order valence-corrected chi connectivity index (χ1v) is 6.22. The number of aliphatic hydroxyl groups is 1. The Morgan fingerprint density at radius 2 is 2.07 bits per heavy atom. The number of nitrogens with zero attached hydrogens (tertiary/aromatic N) is 1. The zero-order valence-corrected chi connectivity index (χ0v) is 9.74. The standard InChI is InChI=1S/C12H23NO2/c1-12(14)5-7-13(8-6-12)10-11-4-2-3-9-15-11/h11,14H,2-10H2,1H3. The Kier molecular flexibility index (Phi) is 3.65. The lowest BCUT2D eigenvalue weighted by Crippen LogP contribution is -2.45. The van der Waals surface area contributed by atoms with Gasteiger partial charge in [-0.2, -0.15) is 0 Å². The highest BCUT2D eigenvalue weighted by Gasteiger charge is 2.28. The Labute approximate surface area is 92.4 Å². The van der Waals surface area contributed by atoms with Crippen LogP contribution in [0.4, 0.5) is 0 Å². The molecule has 3 nitrogen and oxygen atoms in total. The fraction of sp³-hybridized carbons (Fsp3) is 1.00. The van der Waals surface area contributed by atoms with E-state index in [0.717, 1.165) is 39.1 Å². The van der Waals surface area contributed by atoms with E-state index >= 15 is 0 Å². The van der Waals surface area contributed by atoms with Crippen LogP contribution in [-0.2, 0) is 4.74 Å². The first-order chi connectivity index (χ1) is 7.16. The maximum absolute atomic E-state index is 9.84. The summed E-state index contributed by atoms with van der Waals surface area (Å²) in [6.45, 7) is 5.99. The molecule has 1 atom stereocenters. The van der Waals surface area contributed by atoms with Gasteiger partial charge in [-0.1, -0.05) is 0 Å². The van der Waals surface area contributed by atoms with E-state index in [1.807, 2.05) is 6.92 Å². The van der Waals surface area contributed by atoms with Crippen molar-refractivity contribution < 1.29 is 9.84 Å². The molecule has 88 valence electrons. The van der Waals surface area contributed by atoms with Gasteiger partial charge in [0.1, 0.15) is 0 Å². The molecule has 0 aromatic heterocycles. The molecule has 1 unspecified atom stereocenters. The lowest BCUT2D eigenvalue weighted by molar-refractivity contribution is -0.0399. The van der Waals surface area contributed by atoms with Crippen molar-refractivity contribution in [3.63, 3.8) is 0 Å². The number of rotatable bonds is 2. The Hall–Kier alpha value is -0.120. The summed E-state index contributed by atoms with van der Waals surface area (Å²) in [6, 6.07) is 0. The number of likely N-dealkylation sites (tertiary alicyclic amines) is 1. The number of ether oxygens (including phenoxy) is 1. The highest BCUT2D eigenvalue weighted by atomic mass is 16.5. The van der Waals surface area contributed by atoms with E-state index < -0.39 is 5.60 Å². The molecule has 0 saturated carbocycles. The second kappa shape index (κ2) is 4.81. The van der Waals surface area contributed by atoms with E-state index in [2.05, 4.69) is 4.90 Å². The Balaban J connectivity index is 1.71. The minimum Gasteiger partial charge on any atom is -0.390 e. The first kappa shape index (κ1) is 11.4. The lowest BCUT2D eigenvalue weighted by Gasteiger charge is -2.38. The van der Waals surface area contributed by atoms with Crippen LogP contribution in [-0.4, -0.2) is 48.0 Å². The van der Waals surface area contributed by atoms with Crippen LogP contribution in [0.5, 0.6) is 0 Å². The third kappa shape index (κ3) is 3.44. The summed E-state index contributed by atoms with van der Waals surface area (Å²) in [4.78, 5) is 2.44. The van der Waals surface area contributed by atoms with Gasteiger partial charge in [0.05, 0.1) is 11.7 Å². The van der Waals surface area contributed by atoms with Crippen LogP contribution in [0.2, 0.25) is 0 Å². The summed E-state index contributed by atoms with van der Waals surface area (Å²) in [5.41, 5.74) is -0.427. The van der Waals surface area contributed by atoms with Crippen LogP contribution in [0.25, 0.3) is 0 Å². The van der Waals surface area contributed by atoms with Crippen molar-refractivity contribution in [1.82, 2.24) is 4.90 Å². The van der Waals surface area contributed by atoms with E-state index in [9.17, 15) is 5.11 Å². The molecule has 2 rings (SSSR count). The van der Waals surface area contributed by atoms with Gasteiger partial charge < -0.3 is 14.7 Å². The normalized spacial score (nSPS) is 32.8. The van der Waals surface area contributed by atoms with E-state index in [0.29, 0.717) is 6.10 Å². The monoisotopic (exact) mass is 213 g/mol. The van der Waals surface area contributed by atoms with Crippen LogP contribution in [0, 0.1) is 0 Å². The first-order valence-electron chi connectivity index (χ1n) is 6.22. The molecule has 0 aromatic rings. The Morgan fingerprint density at radius 1 is 1.33 bits per heavy atom. The molecular formula is C12H23NO2. The van der Waals surface area contributed by atoms with Crippen LogP contribution in [0.1, 0.15) is 39.0 Å². The molecule has 2 aliphatic heterocycles.